The van der Waals surface area contributed by atoms with Gasteiger partial charge in [-0.2, -0.15) is 0 Å². The molecule has 2 amide bonds. The quantitative estimate of drug-likeness (QED) is 0.829. The summed E-state index contributed by atoms with van der Waals surface area (Å²) in [6, 6.07) is 4.97. The van der Waals surface area contributed by atoms with Gasteiger partial charge in [0, 0.05) is 31.5 Å². The molecule has 6 heteroatoms. The van der Waals surface area contributed by atoms with Crippen molar-refractivity contribution in [3.63, 3.8) is 0 Å². The molecule has 0 aliphatic heterocycles. The summed E-state index contributed by atoms with van der Waals surface area (Å²) in [5.74, 6) is -0.135. The van der Waals surface area contributed by atoms with Crippen LogP contribution in [0.15, 0.2) is 18.2 Å². The molecule has 1 aromatic carbocycles. The minimum atomic E-state index is -0.137. The number of anilines is 1. The maximum Gasteiger partial charge on any atom is 0.223 e. The fourth-order valence-corrected chi connectivity index (χ4v) is 2.39. The summed E-state index contributed by atoms with van der Waals surface area (Å²) >= 11 is 12.0. The van der Waals surface area contributed by atoms with E-state index in [-0.39, 0.29) is 11.8 Å². The number of halogens is 2. The highest BCUT2D eigenvalue weighted by atomic mass is 35.5. The molecule has 0 saturated heterocycles. The third-order valence-corrected chi connectivity index (χ3v) is 3.53. The van der Waals surface area contributed by atoms with Crippen LogP contribution in [0, 0.1) is 0 Å². The molecule has 0 aromatic heterocycles. The third kappa shape index (κ3) is 5.94. The van der Waals surface area contributed by atoms with Crippen molar-refractivity contribution in [2.24, 2.45) is 0 Å². The fraction of sp³-hybridized carbons (Fsp3) is 0.467. The Morgan fingerprint density at radius 1 is 1.29 bits per heavy atom. The molecule has 0 unspecified atom stereocenters. The van der Waals surface area contributed by atoms with Gasteiger partial charge in [0.15, 0.2) is 0 Å². The van der Waals surface area contributed by atoms with Gasteiger partial charge >= 0.3 is 0 Å². The van der Waals surface area contributed by atoms with E-state index in [1.54, 1.807) is 18.2 Å². The summed E-state index contributed by atoms with van der Waals surface area (Å²) in [6.07, 6.45) is 2.36. The Kier molecular flexibility index (Phi) is 7.54. The summed E-state index contributed by atoms with van der Waals surface area (Å²) in [7, 11) is 0. The minimum absolute atomic E-state index is 0.00237. The lowest BCUT2D eigenvalue weighted by Crippen LogP contribution is -2.37. The van der Waals surface area contributed by atoms with Gasteiger partial charge in [-0.3, -0.25) is 9.59 Å². The van der Waals surface area contributed by atoms with Crippen molar-refractivity contribution in [2.75, 3.05) is 18.0 Å². The Balaban J connectivity index is 2.62. The average Bonchev–Trinajstić information content (AvgIpc) is 2.42. The van der Waals surface area contributed by atoms with Gasteiger partial charge in [0.25, 0.3) is 0 Å². The lowest BCUT2D eigenvalue weighted by Gasteiger charge is -2.22. The zero-order chi connectivity index (χ0) is 15.8. The molecule has 0 heterocycles. The number of unbranched alkanes of at least 4 members (excludes halogenated alkanes) is 1. The molecule has 0 bridgehead atoms. The summed E-state index contributed by atoms with van der Waals surface area (Å²) in [4.78, 5) is 24.8. The number of carbonyl (C=O) groups is 2. The summed E-state index contributed by atoms with van der Waals surface area (Å²) in [6.45, 7) is 4.26. The molecule has 1 N–H and O–H groups in total. The predicted octanol–water partition coefficient (Wildman–Crippen LogP) is 3.65. The molecule has 21 heavy (non-hydrogen) atoms. The monoisotopic (exact) mass is 330 g/mol. The van der Waals surface area contributed by atoms with E-state index in [1.165, 1.54) is 11.8 Å². The van der Waals surface area contributed by atoms with Crippen LogP contribution in [-0.4, -0.2) is 24.9 Å². The van der Waals surface area contributed by atoms with E-state index < -0.39 is 0 Å². The van der Waals surface area contributed by atoms with Gasteiger partial charge < -0.3 is 10.2 Å². The molecule has 1 aromatic rings. The van der Waals surface area contributed by atoms with Crippen molar-refractivity contribution >= 4 is 40.7 Å². The second-order valence-electron chi connectivity index (χ2n) is 4.72. The van der Waals surface area contributed by atoms with Gasteiger partial charge in [-0.1, -0.05) is 36.5 Å². The van der Waals surface area contributed by atoms with Gasteiger partial charge in [-0.15, -0.1) is 0 Å². The number of amides is 2. The normalized spacial score (nSPS) is 10.3. The van der Waals surface area contributed by atoms with Crippen LogP contribution in [-0.2, 0) is 9.59 Å². The molecule has 0 spiro atoms. The predicted molar refractivity (Wildman–Crippen MR) is 87.0 cm³/mol. The number of benzene rings is 1. The highest BCUT2D eigenvalue weighted by Crippen LogP contribution is 2.28. The van der Waals surface area contributed by atoms with E-state index in [0.29, 0.717) is 35.2 Å². The highest BCUT2D eigenvalue weighted by molar-refractivity contribution is 6.36. The number of hydrogen-bond acceptors (Lipinski definition) is 2. The molecule has 4 nitrogen and oxygen atoms in total. The highest BCUT2D eigenvalue weighted by Gasteiger charge is 2.15. The number of carbonyl (C=O) groups excluding carboxylic acids is 2. The maximum atomic E-state index is 11.8. The Hall–Kier alpha value is -1.26. The van der Waals surface area contributed by atoms with E-state index in [2.05, 4.69) is 5.32 Å². The standard InChI is InChI=1S/C15H20Cl2N2O2/c1-3-4-5-15(21)18-8-9-19(11(2)20)14-7-6-12(16)10-13(14)17/h6-7,10H,3-5,8-9H2,1-2H3,(H,18,21). The molecule has 0 aliphatic carbocycles. The molecule has 0 fully saturated rings. The molecule has 116 valence electrons. The van der Waals surface area contributed by atoms with Gasteiger partial charge in [0.2, 0.25) is 11.8 Å². The lowest BCUT2D eigenvalue weighted by molar-refractivity contribution is -0.121. The summed E-state index contributed by atoms with van der Waals surface area (Å²) in [5, 5.41) is 3.73. The van der Waals surface area contributed by atoms with Crippen molar-refractivity contribution in [1.82, 2.24) is 5.32 Å². The third-order valence-electron chi connectivity index (χ3n) is 3.00. The molecule has 0 radical (unpaired) electrons. The number of hydrogen-bond donors (Lipinski definition) is 1. The number of nitrogens with one attached hydrogen (secondary N) is 1. The van der Waals surface area contributed by atoms with Gasteiger partial charge in [0.1, 0.15) is 0 Å². The van der Waals surface area contributed by atoms with E-state index in [9.17, 15) is 9.59 Å². The first-order valence-corrected chi connectivity index (χ1v) is 7.71. The van der Waals surface area contributed by atoms with Crippen LogP contribution in [0.2, 0.25) is 10.0 Å². The Bertz CT molecular complexity index is 506. The summed E-state index contributed by atoms with van der Waals surface area (Å²) in [5.41, 5.74) is 0.594. The van der Waals surface area contributed by atoms with E-state index in [4.69, 9.17) is 23.2 Å². The van der Waals surface area contributed by atoms with Crippen LogP contribution in [0.25, 0.3) is 0 Å². The van der Waals surface area contributed by atoms with Crippen LogP contribution in [0.5, 0.6) is 0 Å². The van der Waals surface area contributed by atoms with Crippen LogP contribution in [0.1, 0.15) is 33.1 Å². The minimum Gasteiger partial charge on any atom is -0.354 e. The van der Waals surface area contributed by atoms with Gasteiger partial charge in [-0.05, 0) is 24.6 Å². The fourth-order valence-electron chi connectivity index (χ4n) is 1.88. The zero-order valence-electron chi connectivity index (χ0n) is 12.3. The van der Waals surface area contributed by atoms with Gasteiger partial charge in [-0.25, -0.2) is 0 Å². The van der Waals surface area contributed by atoms with Crippen LogP contribution >= 0.6 is 23.2 Å². The SMILES string of the molecule is CCCCC(=O)NCCN(C(C)=O)c1ccc(Cl)cc1Cl. The van der Waals surface area contributed by atoms with E-state index >= 15 is 0 Å². The second-order valence-corrected chi connectivity index (χ2v) is 5.56. The first kappa shape index (κ1) is 17.8. The molecular weight excluding hydrogens is 311 g/mol. The molecule has 0 atom stereocenters. The first-order valence-electron chi connectivity index (χ1n) is 6.95. The van der Waals surface area contributed by atoms with Crippen LogP contribution in [0.4, 0.5) is 5.69 Å². The molecule has 1 rings (SSSR count). The van der Waals surface area contributed by atoms with Crippen molar-refractivity contribution in [3.05, 3.63) is 28.2 Å². The van der Waals surface area contributed by atoms with E-state index in [1.807, 2.05) is 6.92 Å². The second kappa shape index (κ2) is 8.90. The smallest absolute Gasteiger partial charge is 0.223 e. The topological polar surface area (TPSA) is 49.4 Å². The molecular formula is C15H20Cl2N2O2. The lowest BCUT2D eigenvalue weighted by atomic mass is 10.2. The van der Waals surface area contributed by atoms with Crippen LogP contribution < -0.4 is 10.2 Å². The molecule has 0 saturated carbocycles. The average molecular weight is 331 g/mol. The van der Waals surface area contributed by atoms with Crippen LogP contribution in [0.3, 0.4) is 0 Å². The number of nitrogens with zero attached hydrogens (tertiary/aromatic N) is 1. The first-order chi connectivity index (χ1) is 9.95. The van der Waals surface area contributed by atoms with Crippen molar-refractivity contribution < 1.29 is 9.59 Å². The Morgan fingerprint density at radius 2 is 2.00 bits per heavy atom. The Labute approximate surface area is 135 Å². The van der Waals surface area contributed by atoms with Crippen molar-refractivity contribution in [3.8, 4) is 0 Å². The largest absolute Gasteiger partial charge is 0.354 e. The maximum absolute atomic E-state index is 11.8. The summed E-state index contributed by atoms with van der Waals surface area (Å²) < 4.78 is 0. The molecule has 0 aliphatic rings. The Morgan fingerprint density at radius 3 is 2.57 bits per heavy atom. The van der Waals surface area contributed by atoms with Crippen molar-refractivity contribution in [1.29, 1.82) is 0 Å². The van der Waals surface area contributed by atoms with Crippen molar-refractivity contribution in [2.45, 2.75) is 33.1 Å². The van der Waals surface area contributed by atoms with Gasteiger partial charge in [0.05, 0.1) is 10.7 Å². The number of rotatable bonds is 7. The van der Waals surface area contributed by atoms with E-state index in [0.717, 1.165) is 12.8 Å². The zero-order valence-corrected chi connectivity index (χ0v) is 13.8.